The molecule has 0 amide bonds. The van der Waals surface area contributed by atoms with E-state index in [1.807, 2.05) is 54.6 Å². The van der Waals surface area contributed by atoms with Crippen molar-refractivity contribution in [1.29, 1.82) is 0 Å². The van der Waals surface area contributed by atoms with Gasteiger partial charge in [-0.2, -0.15) is 0 Å². The third-order valence-corrected chi connectivity index (χ3v) is 3.56. The van der Waals surface area contributed by atoms with Crippen molar-refractivity contribution in [3.63, 3.8) is 0 Å². The van der Waals surface area contributed by atoms with Gasteiger partial charge in [-0.15, -0.1) is 11.6 Å². The molecule has 0 bridgehead atoms. The van der Waals surface area contributed by atoms with Crippen LogP contribution in [0.15, 0.2) is 54.6 Å². The minimum Gasteiger partial charge on any atom is -0.492 e. The lowest BCUT2D eigenvalue weighted by Gasteiger charge is -2.11. The second-order valence-corrected chi connectivity index (χ2v) is 5.25. The van der Waals surface area contributed by atoms with Crippen LogP contribution in [-0.2, 0) is 11.2 Å². The zero-order valence-electron chi connectivity index (χ0n) is 11.9. The minimum atomic E-state index is -0.0432. The standard InChI is InChI=1S/C18H19ClO2/c19-12-13-21-18-10-7-15(8-11-18)6-9-17(14-20)16-4-2-1-3-5-16/h1-5,7-8,10-11,14,17H,6,9,12-13H2/t17-/m1/s1. The van der Waals surface area contributed by atoms with Crippen molar-refractivity contribution in [2.45, 2.75) is 18.8 Å². The van der Waals surface area contributed by atoms with Crippen LogP contribution < -0.4 is 4.74 Å². The van der Waals surface area contributed by atoms with Crippen molar-refractivity contribution in [1.82, 2.24) is 0 Å². The van der Waals surface area contributed by atoms with E-state index in [1.165, 1.54) is 5.56 Å². The Balaban J connectivity index is 1.91. The SMILES string of the molecule is O=C[C@@H](CCc1ccc(OCCCl)cc1)c1ccccc1. The van der Waals surface area contributed by atoms with Gasteiger partial charge >= 0.3 is 0 Å². The van der Waals surface area contributed by atoms with Crippen molar-refractivity contribution >= 4 is 17.9 Å². The van der Waals surface area contributed by atoms with Gasteiger partial charge in [0.15, 0.2) is 0 Å². The average molecular weight is 303 g/mol. The van der Waals surface area contributed by atoms with Gasteiger partial charge in [0, 0.05) is 5.92 Å². The van der Waals surface area contributed by atoms with Gasteiger partial charge < -0.3 is 9.53 Å². The van der Waals surface area contributed by atoms with Crippen LogP contribution in [0, 0.1) is 0 Å². The second kappa shape index (κ2) is 8.48. The number of benzene rings is 2. The van der Waals surface area contributed by atoms with Crippen LogP contribution in [0.2, 0.25) is 0 Å². The Morgan fingerprint density at radius 1 is 1.05 bits per heavy atom. The highest BCUT2D eigenvalue weighted by atomic mass is 35.5. The molecule has 0 N–H and O–H groups in total. The zero-order valence-corrected chi connectivity index (χ0v) is 12.6. The number of ether oxygens (including phenoxy) is 1. The van der Waals surface area contributed by atoms with Crippen LogP contribution in [0.3, 0.4) is 0 Å². The van der Waals surface area contributed by atoms with E-state index in [0.29, 0.717) is 12.5 Å². The van der Waals surface area contributed by atoms with Crippen molar-refractivity contribution in [2.75, 3.05) is 12.5 Å². The summed E-state index contributed by atoms with van der Waals surface area (Å²) in [7, 11) is 0. The van der Waals surface area contributed by atoms with Crippen LogP contribution in [0.4, 0.5) is 0 Å². The molecule has 2 nitrogen and oxygen atoms in total. The number of rotatable bonds is 8. The fraction of sp³-hybridized carbons (Fsp3) is 0.278. The van der Waals surface area contributed by atoms with Crippen molar-refractivity contribution in [2.24, 2.45) is 0 Å². The molecule has 0 aliphatic rings. The van der Waals surface area contributed by atoms with Gasteiger partial charge in [0.2, 0.25) is 0 Å². The Labute approximate surface area is 130 Å². The lowest BCUT2D eigenvalue weighted by molar-refractivity contribution is -0.109. The lowest BCUT2D eigenvalue weighted by atomic mass is 9.94. The topological polar surface area (TPSA) is 26.3 Å². The van der Waals surface area contributed by atoms with Gasteiger partial charge in [-0.1, -0.05) is 42.5 Å². The first-order valence-electron chi connectivity index (χ1n) is 7.11. The van der Waals surface area contributed by atoms with Crippen LogP contribution in [0.1, 0.15) is 23.5 Å². The minimum absolute atomic E-state index is 0.0432. The molecular weight excluding hydrogens is 284 g/mol. The molecule has 0 saturated heterocycles. The van der Waals surface area contributed by atoms with E-state index < -0.39 is 0 Å². The number of alkyl halides is 1. The molecule has 0 saturated carbocycles. The highest BCUT2D eigenvalue weighted by Crippen LogP contribution is 2.21. The summed E-state index contributed by atoms with van der Waals surface area (Å²) < 4.78 is 5.44. The van der Waals surface area contributed by atoms with Gasteiger partial charge in [-0.05, 0) is 36.1 Å². The summed E-state index contributed by atoms with van der Waals surface area (Å²) in [5.41, 5.74) is 2.28. The highest BCUT2D eigenvalue weighted by molar-refractivity contribution is 6.18. The first-order chi connectivity index (χ1) is 10.3. The van der Waals surface area contributed by atoms with Crippen LogP contribution >= 0.6 is 11.6 Å². The maximum absolute atomic E-state index is 11.3. The molecule has 0 aromatic heterocycles. The average Bonchev–Trinajstić information content (AvgIpc) is 2.55. The molecule has 2 aromatic carbocycles. The quantitative estimate of drug-likeness (QED) is 0.539. The molecular formula is C18H19ClO2. The maximum atomic E-state index is 11.3. The summed E-state index contributed by atoms with van der Waals surface area (Å²) in [6, 6.07) is 17.9. The summed E-state index contributed by atoms with van der Waals surface area (Å²) in [6.07, 6.45) is 2.72. The van der Waals surface area contributed by atoms with E-state index >= 15 is 0 Å². The number of hydrogen-bond acceptors (Lipinski definition) is 2. The summed E-state index contributed by atoms with van der Waals surface area (Å²) in [5, 5.41) is 0. The zero-order chi connectivity index (χ0) is 14.9. The summed E-state index contributed by atoms with van der Waals surface area (Å²) in [5.74, 6) is 1.27. The van der Waals surface area contributed by atoms with Gasteiger partial charge in [0.25, 0.3) is 0 Å². The molecule has 3 heteroatoms. The van der Waals surface area contributed by atoms with Gasteiger partial charge in [-0.25, -0.2) is 0 Å². The third-order valence-electron chi connectivity index (χ3n) is 3.41. The molecule has 0 spiro atoms. The Morgan fingerprint density at radius 3 is 2.38 bits per heavy atom. The molecule has 110 valence electrons. The van der Waals surface area contributed by atoms with E-state index in [0.717, 1.165) is 30.4 Å². The first kappa shape index (κ1) is 15.6. The third kappa shape index (κ3) is 4.91. The lowest BCUT2D eigenvalue weighted by Crippen LogP contribution is -2.02. The fourth-order valence-electron chi connectivity index (χ4n) is 2.24. The van der Waals surface area contributed by atoms with E-state index in [9.17, 15) is 4.79 Å². The Bertz CT molecular complexity index is 537. The second-order valence-electron chi connectivity index (χ2n) is 4.87. The molecule has 1 atom stereocenters. The van der Waals surface area contributed by atoms with Crippen LogP contribution in [0.5, 0.6) is 5.75 Å². The number of halogens is 1. The van der Waals surface area contributed by atoms with Crippen molar-refractivity contribution in [3.05, 3.63) is 65.7 Å². The number of hydrogen-bond donors (Lipinski definition) is 0. The first-order valence-corrected chi connectivity index (χ1v) is 7.65. The normalized spacial score (nSPS) is 11.9. The number of aryl methyl sites for hydroxylation is 1. The summed E-state index contributed by atoms with van der Waals surface area (Å²) >= 11 is 5.58. The monoisotopic (exact) mass is 302 g/mol. The van der Waals surface area contributed by atoms with E-state index in [1.54, 1.807) is 0 Å². The van der Waals surface area contributed by atoms with E-state index in [-0.39, 0.29) is 5.92 Å². The largest absolute Gasteiger partial charge is 0.492 e. The van der Waals surface area contributed by atoms with Crippen molar-refractivity contribution in [3.8, 4) is 5.75 Å². The molecule has 0 heterocycles. The molecule has 2 rings (SSSR count). The van der Waals surface area contributed by atoms with Gasteiger partial charge in [0.05, 0.1) is 5.88 Å². The number of carbonyl (C=O) groups excluding carboxylic acids is 1. The van der Waals surface area contributed by atoms with Crippen LogP contribution in [0.25, 0.3) is 0 Å². The molecule has 2 aromatic rings. The molecule has 0 radical (unpaired) electrons. The van der Waals surface area contributed by atoms with Crippen molar-refractivity contribution < 1.29 is 9.53 Å². The van der Waals surface area contributed by atoms with Crippen LogP contribution in [-0.4, -0.2) is 18.8 Å². The number of aldehydes is 1. The Kier molecular flexibility index (Phi) is 6.29. The molecule has 0 fully saturated rings. The smallest absolute Gasteiger partial charge is 0.127 e. The maximum Gasteiger partial charge on any atom is 0.127 e. The predicted molar refractivity (Wildman–Crippen MR) is 86.2 cm³/mol. The molecule has 21 heavy (non-hydrogen) atoms. The molecule has 0 aliphatic heterocycles. The fourth-order valence-corrected chi connectivity index (χ4v) is 2.32. The molecule has 0 unspecified atom stereocenters. The highest BCUT2D eigenvalue weighted by Gasteiger charge is 2.10. The number of carbonyl (C=O) groups is 1. The van der Waals surface area contributed by atoms with Gasteiger partial charge in [-0.3, -0.25) is 0 Å². The molecule has 0 aliphatic carbocycles. The summed E-state index contributed by atoms with van der Waals surface area (Å²) in [6.45, 7) is 0.516. The predicted octanol–water partition coefficient (Wildman–Crippen LogP) is 4.22. The summed E-state index contributed by atoms with van der Waals surface area (Å²) in [4.78, 5) is 11.3. The Morgan fingerprint density at radius 2 is 1.76 bits per heavy atom. The Hall–Kier alpha value is -1.80. The van der Waals surface area contributed by atoms with E-state index in [2.05, 4.69) is 0 Å². The van der Waals surface area contributed by atoms with Gasteiger partial charge in [0.1, 0.15) is 18.6 Å². The van der Waals surface area contributed by atoms with E-state index in [4.69, 9.17) is 16.3 Å².